The van der Waals surface area contributed by atoms with Gasteiger partial charge in [-0.05, 0) is 37.1 Å². The summed E-state index contributed by atoms with van der Waals surface area (Å²) < 4.78 is 1.22. The van der Waals surface area contributed by atoms with Crippen LogP contribution in [0.4, 0.5) is 5.00 Å². The highest BCUT2D eigenvalue weighted by Gasteiger charge is 2.29. The Balaban J connectivity index is 1.57. The number of hydrogen-bond acceptors (Lipinski definition) is 6. The Hall–Kier alpha value is -1.83. The van der Waals surface area contributed by atoms with Crippen LogP contribution in [0.25, 0.3) is 10.2 Å². The molecule has 3 aromatic rings. The summed E-state index contributed by atoms with van der Waals surface area (Å²) in [6, 6.07) is 10.2. The van der Waals surface area contributed by atoms with Crippen LogP contribution in [0.3, 0.4) is 0 Å². The van der Waals surface area contributed by atoms with Gasteiger partial charge in [0.2, 0.25) is 0 Å². The average Bonchev–Trinajstić information content (AvgIpc) is 3.25. The van der Waals surface area contributed by atoms with Crippen molar-refractivity contribution in [2.45, 2.75) is 25.4 Å². The van der Waals surface area contributed by atoms with E-state index in [0.29, 0.717) is 6.04 Å². The highest BCUT2D eigenvalue weighted by atomic mass is 32.1. The van der Waals surface area contributed by atoms with Crippen LogP contribution in [0.1, 0.15) is 29.5 Å². The second-order valence-electron chi connectivity index (χ2n) is 5.70. The normalized spacial score (nSPS) is 18.7. The zero-order valence-corrected chi connectivity index (χ0v) is 14.0. The van der Waals surface area contributed by atoms with E-state index in [0.717, 1.165) is 42.0 Å². The Morgan fingerprint density at radius 2 is 2.26 bits per heavy atom. The molecular formula is C16H15N3O2S2. The third-order valence-corrected chi connectivity index (χ3v) is 6.23. The first-order chi connectivity index (χ1) is 11.2. The minimum atomic E-state index is -0.316. The number of thiophene rings is 1. The third-order valence-electron chi connectivity index (χ3n) is 4.16. The third kappa shape index (κ3) is 2.87. The second kappa shape index (κ2) is 5.99. The van der Waals surface area contributed by atoms with E-state index in [9.17, 15) is 10.1 Å². The Labute approximate surface area is 141 Å². The summed E-state index contributed by atoms with van der Waals surface area (Å²) in [5, 5.41) is 14.1. The molecule has 23 heavy (non-hydrogen) atoms. The van der Waals surface area contributed by atoms with Crippen LogP contribution in [0, 0.1) is 10.1 Å². The Kier molecular flexibility index (Phi) is 3.84. The lowest BCUT2D eigenvalue weighted by Crippen LogP contribution is -2.22. The minimum absolute atomic E-state index is 0.218. The lowest BCUT2D eigenvalue weighted by molar-refractivity contribution is -0.380. The van der Waals surface area contributed by atoms with Crippen LogP contribution in [-0.2, 0) is 6.54 Å². The zero-order valence-electron chi connectivity index (χ0n) is 12.3. The van der Waals surface area contributed by atoms with Gasteiger partial charge in [0.15, 0.2) is 0 Å². The van der Waals surface area contributed by atoms with E-state index in [1.54, 1.807) is 17.4 Å². The van der Waals surface area contributed by atoms with Crippen molar-refractivity contribution in [1.29, 1.82) is 0 Å². The fourth-order valence-electron chi connectivity index (χ4n) is 3.10. The lowest BCUT2D eigenvalue weighted by atomic mass is 10.2. The molecule has 1 unspecified atom stereocenters. The first-order valence-electron chi connectivity index (χ1n) is 7.52. The molecule has 7 heteroatoms. The number of rotatable bonds is 4. The number of para-hydroxylation sites is 1. The van der Waals surface area contributed by atoms with Gasteiger partial charge in [-0.3, -0.25) is 15.0 Å². The molecular weight excluding hydrogens is 330 g/mol. The molecule has 2 aromatic heterocycles. The summed E-state index contributed by atoms with van der Waals surface area (Å²) in [4.78, 5) is 17.7. The van der Waals surface area contributed by atoms with Crippen LogP contribution >= 0.6 is 22.7 Å². The van der Waals surface area contributed by atoms with Gasteiger partial charge in [0.1, 0.15) is 5.01 Å². The molecule has 0 saturated carbocycles. The van der Waals surface area contributed by atoms with Gasteiger partial charge in [-0.15, -0.1) is 11.3 Å². The van der Waals surface area contributed by atoms with Gasteiger partial charge in [-0.2, -0.15) is 0 Å². The predicted octanol–water partition coefficient (Wildman–Crippen LogP) is 4.60. The van der Waals surface area contributed by atoms with Gasteiger partial charge in [0.25, 0.3) is 0 Å². The Bertz CT molecular complexity index is 825. The van der Waals surface area contributed by atoms with Crippen molar-refractivity contribution in [3.8, 4) is 0 Å². The predicted molar refractivity (Wildman–Crippen MR) is 93.0 cm³/mol. The Morgan fingerprint density at radius 3 is 3.04 bits per heavy atom. The molecule has 4 rings (SSSR count). The quantitative estimate of drug-likeness (QED) is 0.512. The average molecular weight is 345 g/mol. The summed E-state index contributed by atoms with van der Waals surface area (Å²) >= 11 is 2.96. The zero-order chi connectivity index (χ0) is 15.8. The monoisotopic (exact) mass is 345 g/mol. The molecule has 1 aromatic carbocycles. The second-order valence-corrected chi connectivity index (χ2v) is 7.65. The van der Waals surface area contributed by atoms with Crippen molar-refractivity contribution >= 4 is 37.9 Å². The number of hydrogen-bond donors (Lipinski definition) is 0. The van der Waals surface area contributed by atoms with E-state index in [-0.39, 0.29) is 9.92 Å². The first-order valence-corrected chi connectivity index (χ1v) is 9.21. The van der Waals surface area contributed by atoms with Gasteiger partial charge in [0, 0.05) is 18.0 Å². The molecule has 5 nitrogen and oxygen atoms in total. The molecule has 0 amide bonds. The molecule has 3 heterocycles. The van der Waals surface area contributed by atoms with Crippen molar-refractivity contribution in [2.24, 2.45) is 0 Å². The maximum atomic E-state index is 10.8. The smallest absolute Gasteiger partial charge is 0.290 e. The van der Waals surface area contributed by atoms with Gasteiger partial charge < -0.3 is 0 Å². The van der Waals surface area contributed by atoms with Crippen molar-refractivity contribution in [2.75, 3.05) is 6.54 Å². The SMILES string of the molecule is O=[N+]([O-])c1cc(CN2CCCC2c2nc3ccccc3s2)cs1. The lowest BCUT2D eigenvalue weighted by Gasteiger charge is -2.21. The van der Waals surface area contributed by atoms with Gasteiger partial charge in [-0.25, -0.2) is 4.98 Å². The minimum Gasteiger partial charge on any atom is -0.290 e. The van der Waals surface area contributed by atoms with E-state index in [2.05, 4.69) is 17.0 Å². The number of benzene rings is 1. The summed E-state index contributed by atoms with van der Waals surface area (Å²) in [6.45, 7) is 1.77. The van der Waals surface area contributed by atoms with E-state index >= 15 is 0 Å². The van der Waals surface area contributed by atoms with Crippen molar-refractivity contribution in [3.63, 3.8) is 0 Å². The Morgan fingerprint density at radius 1 is 1.39 bits per heavy atom. The van der Waals surface area contributed by atoms with Crippen LogP contribution in [0.2, 0.25) is 0 Å². The molecule has 0 aliphatic carbocycles. The van der Waals surface area contributed by atoms with E-state index in [4.69, 9.17) is 4.98 Å². The van der Waals surface area contributed by atoms with Gasteiger partial charge >= 0.3 is 5.00 Å². The summed E-state index contributed by atoms with van der Waals surface area (Å²) in [5.74, 6) is 0. The maximum absolute atomic E-state index is 10.8. The molecule has 1 aliphatic heterocycles. The fraction of sp³-hybridized carbons (Fsp3) is 0.312. The first kappa shape index (κ1) is 14.7. The summed E-state index contributed by atoms with van der Waals surface area (Å²) in [6.07, 6.45) is 2.25. The van der Waals surface area contributed by atoms with Crippen LogP contribution in [0.5, 0.6) is 0 Å². The van der Waals surface area contributed by atoms with E-state index in [1.807, 2.05) is 17.5 Å². The molecule has 0 N–H and O–H groups in total. The molecule has 0 spiro atoms. The summed E-state index contributed by atoms with van der Waals surface area (Å²) in [7, 11) is 0. The fourth-order valence-corrected chi connectivity index (χ4v) is 4.96. The summed E-state index contributed by atoms with van der Waals surface area (Å²) in [5.41, 5.74) is 2.08. The largest absolute Gasteiger partial charge is 0.324 e. The number of aromatic nitrogens is 1. The van der Waals surface area contributed by atoms with E-state index < -0.39 is 0 Å². The highest BCUT2D eigenvalue weighted by Crippen LogP contribution is 2.37. The molecule has 1 fully saturated rings. The molecule has 118 valence electrons. The van der Waals surface area contributed by atoms with Crippen molar-refractivity contribution < 1.29 is 4.92 Å². The molecule has 1 atom stereocenters. The standard InChI is InChI=1S/C16H15N3O2S2/c20-19(21)15-8-11(10-22-15)9-18-7-3-5-13(18)16-17-12-4-1-2-6-14(12)23-16/h1-2,4,6,8,10,13H,3,5,7,9H2. The molecule has 1 aliphatic rings. The van der Waals surface area contributed by atoms with Crippen molar-refractivity contribution in [1.82, 2.24) is 9.88 Å². The molecule has 0 radical (unpaired) electrons. The van der Waals surface area contributed by atoms with Crippen LogP contribution in [-0.4, -0.2) is 21.4 Å². The number of likely N-dealkylation sites (tertiary alicyclic amines) is 1. The molecule has 1 saturated heterocycles. The van der Waals surface area contributed by atoms with Crippen LogP contribution in [0.15, 0.2) is 35.7 Å². The van der Waals surface area contributed by atoms with Crippen LogP contribution < -0.4 is 0 Å². The molecule has 0 bridgehead atoms. The highest BCUT2D eigenvalue weighted by molar-refractivity contribution is 7.18. The van der Waals surface area contributed by atoms with E-state index in [1.165, 1.54) is 16.0 Å². The topological polar surface area (TPSA) is 59.3 Å². The maximum Gasteiger partial charge on any atom is 0.324 e. The number of nitro groups is 1. The van der Waals surface area contributed by atoms with Gasteiger partial charge in [0.05, 0.1) is 21.2 Å². The number of fused-ring (bicyclic) bond motifs is 1. The number of thiazole rings is 1. The van der Waals surface area contributed by atoms with Crippen molar-refractivity contribution in [3.05, 3.63) is 56.4 Å². The number of nitrogens with zero attached hydrogens (tertiary/aromatic N) is 3. The van der Waals surface area contributed by atoms with Gasteiger partial charge in [-0.1, -0.05) is 23.5 Å².